The van der Waals surface area contributed by atoms with Gasteiger partial charge >= 0.3 is 0 Å². The summed E-state index contributed by atoms with van der Waals surface area (Å²) >= 11 is 0. The molecular formula is C51H32N2O2. The van der Waals surface area contributed by atoms with Crippen molar-refractivity contribution in [1.29, 1.82) is 0 Å². The second kappa shape index (κ2) is 12.6. The summed E-state index contributed by atoms with van der Waals surface area (Å²) in [6.45, 7) is 0. The lowest BCUT2D eigenvalue weighted by Gasteiger charge is -2.26. The van der Waals surface area contributed by atoms with Crippen molar-refractivity contribution >= 4 is 71.6 Å². The average molecular weight is 705 g/mol. The summed E-state index contributed by atoms with van der Waals surface area (Å²) in [4.78, 5) is 7.29. The van der Waals surface area contributed by atoms with Gasteiger partial charge in [-0.15, -0.1) is 0 Å². The number of nitrogens with zero attached hydrogens (tertiary/aromatic N) is 2. The van der Waals surface area contributed by atoms with Crippen LogP contribution in [0.3, 0.4) is 0 Å². The van der Waals surface area contributed by atoms with Gasteiger partial charge < -0.3 is 13.7 Å². The van der Waals surface area contributed by atoms with Crippen molar-refractivity contribution in [2.24, 2.45) is 0 Å². The summed E-state index contributed by atoms with van der Waals surface area (Å²) in [5.74, 6) is 0.591. The number of benzene rings is 9. The zero-order valence-electron chi connectivity index (χ0n) is 29.7. The van der Waals surface area contributed by atoms with Gasteiger partial charge in [-0.05, 0) is 105 Å². The minimum absolute atomic E-state index is 0.591. The van der Waals surface area contributed by atoms with Gasteiger partial charge in [0.1, 0.15) is 16.7 Å². The van der Waals surface area contributed by atoms with Gasteiger partial charge in [-0.3, -0.25) is 0 Å². The first-order valence-corrected chi connectivity index (χ1v) is 18.5. The third kappa shape index (κ3) is 5.19. The van der Waals surface area contributed by atoms with E-state index >= 15 is 0 Å². The number of furan rings is 1. The quantitative estimate of drug-likeness (QED) is 0.162. The largest absolute Gasteiger partial charge is 0.455 e. The maximum atomic E-state index is 6.58. The van der Waals surface area contributed by atoms with Gasteiger partial charge in [-0.25, -0.2) is 4.98 Å². The lowest BCUT2D eigenvalue weighted by Crippen LogP contribution is -2.09. The molecular weight excluding hydrogens is 673 g/mol. The normalized spacial score (nSPS) is 11.6. The second-order valence-electron chi connectivity index (χ2n) is 13.9. The highest BCUT2D eigenvalue weighted by Crippen LogP contribution is 2.44. The highest BCUT2D eigenvalue weighted by atomic mass is 16.4. The van der Waals surface area contributed by atoms with Crippen LogP contribution in [0, 0.1) is 0 Å². The molecule has 0 unspecified atom stereocenters. The van der Waals surface area contributed by atoms with E-state index in [2.05, 4.69) is 150 Å². The van der Waals surface area contributed by atoms with Crippen molar-refractivity contribution in [3.8, 4) is 33.7 Å². The van der Waals surface area contributed by atoms with Gasteiger partial charge in [0.25, 0.3) is 0 Å². The third-order valence-corrected chi connectivity index (χ3v) is 10.7. The van der Waals surface area contributed by atoms with Crippen LogP contribution in [-0.2, 0) is 0 Å². The zero-order valence-corrected chi connectivity index (χ0v) is 29.7. The van der Waals surface area contributed by atoms with Crippen LogP contribution in [0.4, 0.5) is 17.1 Å². The van der Waals surface area contributed by atoms with Gasteiger partial charge in [-0.1, -0.05) is 127 Å². The maximum Gasteiger partial charge on any atom is 0.227 e. The van der Waals surface area contributed by atoms with Crippen LogP contribution in [-0.4, -0.2) is 4.98 Å². The lowest BCUT2D eigenvalue weighted by molar-refractivity contribution is 0.619. The van der Waals surface area contributed by atoms with Crippen molar-refractivity contribution in [2.45, 2.75) is 0 Å². The maximum absolute atomic E-state index is 6.58. The van der Waals surface area contributed by atoms with E-state index in [1.165, 1.54) is 32.7 Å². The van der Waals surface area contributed by atoms with Crippen LogP contribution in [0.5, 0.6) is 0 Å². The predicted molar refractivity (Wildman–Crippen MR) is 227 cm³/mol. The van der Waals surface area contributed by atoms with Crippen LogP contribution in [0.15, 0.2) is 203 Å². The Morgan fingerprint density at radius 3 is 1.67 bits per heavy atom. The number of oxazole rings is 1. The number of rotatable bonds is 6. The summed E-state index contributed by atoms with van der Waals surface area (Å²) in [5, 5.41) is 7.02. The van der Waals surface area contributed by atoms with Gasteiger partial charge in [0.2, 0.25) is 5.89 Å². The number of hydrogen-bond donors (Lipinski definition) is 0. The van der Waals surface area contributed by atoms with E-state index in [1.54, 1.807) is 0 Å². The molecule has 2 heterocycles. The Bertz CT molecular complexity index is 3180. The molecule has 4 heteroatoms. The van der Waals surface area contributed by atoms with Crippen LogP contribution in [0.25, 0.3) is 88.3 Å². The summed E-state index contributed by atoms with van der Waals surface area (Å²) in [6, 6.07) is 68.1. The van der Waals surface area contributed by atoms with Crippen LogP contribution in [0.1, 0.15) is 0 Å². The Morgan fingerprint density at radius 2 is 0.945 bits per heavy atom. The fraction of sp³-hybridized carbons (Fsp3) is 0. The van der Waals surface area contributed by atoms with Gasteiger partial charge in [0, 0.05) is 33.6 Å². The summed E-state index contributed by atoms with van der Waals surface area (Å²) in [5.41, 5.74) is 11.7. The fourth-order valence-electron chi connectivity index (χ4n) is 8.09. The summed E-state index contributed by atoms with van der Waals surface area (Å²) in [6.07, 6.45) is 0. The average Bonchev–Trinajstić information content (AvgIpc) is 3.87. The molecule has 0 saturated heterocycles. The Hall–Kier alpha value is -7.43. The molecule has 0 aliphatic carbocycles. The molecule has 0 N–H and O–H groups in total. The van der Waals surface area contributed by atoms with Crippen molar-refractivity contribution in [1.82, 2.24) is 4.98 Å². The van der Waals surface area contributed by atoms with Gasteiger partial charge in [-0.2, -0.15) is 0 Å². The van der Waals surface area contributed by atoms with E-state index in [4.69, 9.17) is 13.8 Å². The third-order valence-electron chi connectivity index (χ3n) is 10.7. The summed E-state index contributed by atoms with van der Waals surface area (Å²) in [7, 11) is 0. The molecule has 0 bridgehead atoms. The van der Waals surface area contributed by atoms with E-state index in [0.717, 1.165) is 66.8 Å². The van der Waals surface area contributed by atoms with E-state index in [0.29, 0.717) is 5.89 Å². The van der Waals surface area contributed by atoms with Crippen molar-refractivity contribution in [3.05, 3.63) is 194 Å². The topological polar surface area (TPSA) is 42.4 Å². The first-order valence-electron chi connectivity index (χ1n) is 18.5. The molecule has 0 spiro atoms. The Kier molecular flexibility index (Phi) is 7.14. The van der Waals surface area contributed by atoms with Crippen molar-refractivity contribution in [3.63, 3.8) is 0 Å². The van der Waals surface area contributed by atoms with Crippen molar-refractivity contribution < 1.29 is 8.83 Å². The molecule has 258 valence electrons. The zero-order chi connectivity index (χ0) is 36.3. The first kappa shape index (κ1) is 31.1. The molecule has 0 saturated carbocycles. The van der Waals surface area contributed by atoms with Crippen LogP contribution in [0.2, 0.25) is 0 Å². The predicted octanol–water partition coefficient (Wildman–Crippen LogP) is 14.5. The molecule has 2 aromatic heterocycles. The standard InChI is InChI=1S/C51H32N2O2/c1-3-13-35(14-4-1)51-52-49-47(55-51)32-45(50-48(49)43-21-11-12-22-46(43)54-50)34-25-29-39(30-26-34)53(37-16-5-2-6-17-37)38-27-23-33(24-28-38)44-31-36-15-7-8-18-40(36)41-19-9-10-20-42(41)44/h1-32H. The van der Waals surface area contributed by atoms with E-state index < -0.39 is 0 Å². The Morgan fingerprint density at radius 1 is 0.382 bits per heavy atom. The highest BCUT2D eigenvalue weighted by Gasteiger charge is 2.21. The van der Waals surface area contributed by atoms with Gasteiger partial charge in [0.05, 0.1) is 5.39 Å². The molecule has 0 fully saturated rings. The monoisotopic (exact) mass is 704 g/mol. The Balaban J connectivity index is 1.02. The Labute approximate surface area is 317 Å². The fourth-order valence-corrected chi connectivity index (χ4v) is 8.09. The number of hydrogen-bond acceptors (Lipinski definition) is 4. The lowest BCUT2D eigenvalue weighted by atomic mass is 9.93. The molecule has 4 nitrogen and oxygen atoms in total. The minimum Gasteiger partial charge on any atom is -0.455 e. The first-order chi connectivity index (χ1) is 27.3. The molecule has 0 atom stereocenters. The minimum atomic E-state index is 0.591. The number of para-hydroxylation sites is 2. The summed E-state index contributed by atoms with van der Waals surface area (Å²) < 4.78 is 13.0. The molecule has 0 aliphatic heterocycles. The smallest absolute Gasteiger partial charge is 0.227 e. The van der Waals surface area contributed by atoms with E-state index in [1.807, 2.05) is 48.5 Å². The second-order valence-corrected chi connectivity index (χ2v) is 13.9. The molecule has 0 amide bonds. The highest BCUT2D eigenvalue weighted by molar-refractivity contribution is 6.21. The van der Waals surface area contributed by atoms with E-state index in [-0.39, 0.29) is 0 Å². The van der Waals surface area contributed by atoms with Crippen LogP contribution < -0.4 is 4.90 Å². The number of anilines is 3. The number of aromatic nitrogens is 1. The molecule has 0 aliphatic rings. The van der Waals surface area contributed by atoms with Crippen molar-refractivity contribution in [2.75, 3.05) is 4.90 Å². The molecule has 11 aromatic rings. The molecule has 11 rings (SSSR count). The molecule has 9 aromatic carbocycles. The molecule has 55 heavy (non-hydrogen) atoms. The number of fused-ring (bicyclic) bond motifs is 8. The van der Waals surface area contributed by atoms with Crippen LogP contribution >= 0.6 is 0 Å². The van der Waals surface area contributed by atoms with Gasteiger partial charge in [0.15, 0.2) is 5.58 Å². The van der Waals surface area contributed by atoms with E-state index in [9.17, 15) is 0 Å². The molecule has 0 radical (unpaired) electrons. The SMILES string of the molecule is c1ccc(-c2nc3c(cc(-c4ccc(N(c5ccccc5)c5ccc(-c6cc7ccccc7c7ccccc67)cc5)cc4)c4oc5ccccc5c43)o2)cc1.